The van der Waals surface area contributed by atoms with Crippen LogP contribution in [0.3, 0.4) is 0 Å². The van der Waals surface area contributed by atoms with E-state index in [0.29, 0.717) is 0 Å². The van der Waals surface area contributed by atoms with Crippen molar-refractivity contribution in [2.75, 3.05) is 11.5 Å². The van der Waals surface area contributed by atoms with Gasteiger partial charge in [-0.2, -0.15) is 0 Å². The van der Waals surface area contributed by atoms with E-state index in [1.807, 2.05) is 0 Å². The Labute approximate surface area is 58.1 Å². The first-order chi connectivity index (χ1) is 4.41. The van der Waals surface area contributed by atoms with Gasteiger partial charge < -0.3 is 0 Å². The Kier molecular flexibility index (Phi) is 1.70. The summed E-state index contributed by atoms with van der Waals surface area (Å²) < 4.78 is 45.8. The lowest BCUT2D eigenvalue weighted by Crippen LogP contribution is -2.31. The highest BCUT2D eigenvalue weighted by Gasteiger charge is 2.36. The SMILES string of the molecule is O=S1(=O)CCC(F)(F)CC1. The quantitative estimate of drug-likeness (QED) is 0.539. The predicted molar refractivity (Wildman–Crippen MR) is 32.8 cm³/mol. The van der Waals surface area contributed by atoms with Gasteiger partial charge in [0.1, 0.15) is 0 Å². The second-order valence-corrected chi connectivity index (χ2v) is 4.81. The summed E-state index contributed by atoms with van der Waals surface area (Å²) in [6, 6.07) is 0. The number of hydrogen-bond acceptors (Lipinski definition) is 2. The van der Waals surface area contributed by atoms with E-state index in [2.05, 4.69) is 0 Å². The lowest BCUT2D eigenvalue weighted by atomic mass is 10.2. The average Bonchev–Trinajstić information content (AvgIpc) is 1.79. The molecule has 1 saturated heterocycles. The van der Waals surface area contributed by atoms with Crippen LogP contribution in [0.2, 0.25) is 0 Å². The molecule has 1 fully saturated rings. The summed E-state index contributed by atoms with van der Waals surface area (Å²) in [5.74, 6) is -3.47. The van der Waals surface area contributed by atoms with Crippen LogP contribution in [0.15, 0.2) is 0 Å². The zero-order valence-electron chi connectivity index (χ0n) is 5.31. The monoisotopic (exact) mass is 170 g/mol. The molecule has 0 aromatic carbocycles. The standard InChI is InChI=1S/C5H8F2O2S/c6-5(7)1-3-10(8,9)4-2-5/h1-4H2. The van der Waals surface area contributed by atoms with Crippen molar-refractivity contribution in [3.63, 3.8) is 0 Å². The smallest absolute Gasteiger partial charge is 0.229 e. The molecule has 2 nitrogen and oxygen atoms in total. The van der Waals surface area contributed by atoms with E-state index in [0.717, 1.165) is 0 Å². The Morgan fingerprint density at radius 2 is 1.50 bits per heavy atom. The van der Waals surface area contributed by atoms with Gasteiger partial charge in [0.05, 0.1) is 11.5 Å². The van der Waals surface area contributed by atoms with Gasteiger partial charge in [-0.1, -0.05) is 0 Å². The molecule has 0 amide bonds. The number of halogens is 2. The topological polar surface area (TPSA) is 34.1 Å². The number of rotatable bonds is 0. The third-order valence-corrected chi connectivity index (χ3v) is 3.21. The normalized spacial score (nSPS) is 29.8. The van der Waals surface area contributed by atoms with Crippen molar-refractivity contribution in [1.29, 1.82) is 0 Å². The van der Waals surface area contributed by atoms with Crippen LogP contribution in [0.1, 0.15) is 12.8 Å². The molecule has 0 aromatic heterocycles. The Hall–Kier alpha value is -0.190. The molecule has 0 aromatic rings. The van der Waals surface area contributed by atoms with Crippen LogP contribution in [-0.4, -0.2) is 25.8 Å². The number of alkyl halides is 2. The van der Waals surface area contributed by atoms with Crippen molar-refractivity contribution >= 4 is 9.84 Å². The van der Waals surface area contributed by atoms with Crippen LogP contribution < -0.4 is 0 Å². The predicted octanol–water partition coefficient (Wildman–Crippen LogP) is 0.830. The van der Waals surface area contributed by atoms with Gasteiger partial charge in [0.2, 0.25) is 5.92 Å². The Balaban J connectivity index is 2.63. The van der Waals surface area contributed by atoms with E-state index in [1.54, 1.807) is 0 Å². The molecule has 0 N–H and O–H groups in total. The fraction of sp³-hybridized carbons (Fsp3) is 1.00. The molecule has 0 spiro atoms. The summed E-state index contributed by atoms with van der Waals surface area (Å²) in [6.07, 6.45) is -1.01. The molecule has 1 rings (SSSR count). The van der Waals surface area contributed by atoms with Gasteiger partial charge in [-0.05, 0) is 0 Å². The van der Waals surface area contributed by atoms with Crippen molar-refractivity contribution in [3.05, 3.63) is 0 Å². The molecule has 0 bridgehead atoms. The van der Waals surface area contributed by atoms with Crippen LogP contribution in [0.4, 0.5) is 8.78 Å². The summed E-state index contributed by atoms with van der Waals surface area (Å²) in [5, 5.41) is 0. The molecular weight excluding hydrogens is 162 g/mol. The summed E-state index contributed by atoms with van der Waals surface area (Å²) in [5.41, 5.74) is 0. The van der Waals surface area contributed by atoms with Crippen LogP contribution in [0.25, 0.3) is 0 Å². The molecule has 0 aliphatic carbocycles. The molecular formula is C5H8F2O2S. The Bertz CT molecular complexity index is 204. The molecule has 5 heteroatoms. The first-order valence-electron chi connectivity index (χ1n) is 3.00. The summed E-state index contributed by atoms with van der Waals surface area (Å²) in [4.78, 5) is 0. The highest BCUT2D eigenvalue weighted by atomic mass is 32.2. The molecule has 1 aliphatic heterocycles. The first kappa shape index (κ1) is 7.91. The van der Waals surface area contributed by atoms with E-state index in [-0.39, 0.29) is 11.5 Å². The molecule has 1 heterocycles. The number of hydrogen-bond donors (Lipinski definition) is 0. The minimum Gasteiger partial charge on any atom is -0.229 e. The van der Waals surface area contributed by atoms with Gasteiger partial charge in [0, 0.05) is 12.8 Å². The molecule has 0 atom stereocenters. The highest BCUT2D eigenvalue weighted by molar-refractivity contribution is 7.91. The fourth-order valence-electron chi connectivity index (χ4n) is 0.837. The lowest BCUT2D eigenvalue weighted by molar-refractivity contribution is -0.00833. The van der Waals surface area contributed by atoms with Crippen molar-refractivity contribution in [1.82, 2.24) is 0 Å². The summed E-state index contributed by atoms with van der Waals surface area (Å²) >= 11 is 0. The average molecular weight is 170 g/mol. The summed E-state index contributed by atoms with van der Waals surface area (Å²) in [6.45, 7) is 0. The molecule has 1 aliphatic rings. The van der Waals surface area contributed by atoms with Crippen molar-refractivity contribution < 1.29 is 17.2 Å². The second-order valence-electron chi connectivity index (χ2n) is 2.51. The van der Waals surface area contributed by atoms with Crippen LogP contribution >= 0.6 is 0 Å². The van der Waals surface area contributed by atoms with E-state index in [1.165, 1.54) is 0 Å². The fourth-order valence-corrected chi connectivity index (χ4v) is 2.26. The van der Waals surface area contributed by atoms with E-state index in [9.17, 15) is 17.2 Å². The van der Waals surface area contributed by atoms with Gasteiger partial charge in [-0.3, -0.25) is 0 Å². The van der Waals surface area contributed by atoms with Gasteiger partial charge >= 0.3 is 0 Å². The van der Waals surface area contributed by atoms with Crippen LogP contribution in [0.5, 0.6) is 0 Å². The highest BCUT2D eigenvalue weighted by Crippen LogP contribution is 2.28. The third kappa shape index (κ3) is 1.90. The molecule has 0 saturated carbocycles. The van der Waals surface area contributed by atoms with E-state index in [4.69, 9.17) is 0 Å². The van der Waals surface area contributed by atoms with Crippen molar-refractivity contribution in [3.8, 4) is 0 Å². The lowest BCUT2D eigenvalue weighted by Gasteiger charge is -2.20. The molecule has 0 radical (unpaired) electrons. The van der Waals surface area contributed by atoms with E-state index >= 15 is 0 Å². The van der Waals surface area contributed by atoms with Crippen LogP contribution in [0, 0.1) is 0 Å². The maximum absolute atomic E-state index is 12.3. The minimum absolute atomic E-state index is 0.361. The maximum Gasteiger partial charge on any atom is 0.250 e. The molecule has 60 valence electrons. The minimum atomic E-state index is -3.13. The zero-order valence-corrected chi connectivity index (χ0v) is 6.13. The van der Waals surface area contributed by atoms with E-state index < -0.39 is 28.6 Å². The van der Waals surface area contributed by atoms with Gasteiger partial charge in [-0.25, -0.2) is 17.2 Å². The first-order valence-corrected chi connectivity index (χ1v) is 4.82. The van der Waals surface area contributed by atoms with Gasteiger partial charge in [0.15, 0.2) is 9.84 Å². The number of sulfone groups is 1. The van der Waals surface area contributed by atoms with Gasteiger partial charge in [0.25, 0.3) is 0 Å². The Morgan fingerprint density at radius 3 is 1.80 bits per heavy atom. The summed E-state index contributed by atoms with van der Waals surface area (Å²) in [7, 11) is -3.13. The second kappa shape index (κ2) is 2.15. The van der Waals surface area contributed by atoms with Gasteiger partial charge in [-0.15, -0.1) is 0 Å². The Morgan fingerprint density at radius 1 is 1.10 bits per heavy atom. The van der Waals surface area contributed by atoms with Crippen molar-refractivity contribution in [2.24, 2.45) is 0 Å². The third-order valence-electron chi connectivity index (χ3n) is 1.56. The van der Waals surface area contributed by atoms with Crippen LogP contribution in [-0.2, 0) is 9.84 Å². The van der Waals surface area contributed by atoms with Crippen molar-refractivity contribution in [2.45, 2.75) is 18.8 Å². The molecule has 10 heavy (non-hydrogen) atoms. The zero-order chi connectivity index (χ0) is 7.83. The maximum atomic E-state index is 12.3. The molecule has 0 unspecified atom stereocenters. The largest absolute Gasteiger partial charge is 0.250 e.